The standard InChI is InChI=1S/C21H25N3O3S/c1-23-12-16(20-15(21(23)25)4-9-28-20)14-10-18(26-2)17(19(11-14)27-3)13-24-7-5-22-6-8-24/h4,9-12,22H,5-8,13H2,1-3H3. The molecule has 148 valence electrons. The van der Waals surface area contributed by atoms with E-state index in [0.29, 0.717) is 0 Å². The van der Waals surface area contributed by atoms with Crippen LogP contribution in [0.2, 0.25) is 0 Å². The van der Waals surface area contributed by atoms with Crippen LogP contribution >= 0.6 is 11.3 Å². The lowest BCUT2D eigenvalue weighted by Crippen LogP contribution is -2.43. The zero-order chi connectivity index (χ0) is 19.7. The minimum atomic E-state index is 0.0225. The molecule has 0 atom stereocenters. The summed E-state index contributed by atoms with van der Waals surface area (Å²) in [5.74, 6) is 1.62. The number of piperazine rings is 1. The molecule has 1 aliphatic heterocycles. The average Bonchev–Trinajstić information content (AvgIpc) is 3.21. The lowest BCUT2D eigenvalue weighted by molar-refractivity contribution is 0.226. The number of ether oxygens (including phenoxy) is 2. The Kier molecular flexibility index (Phi) is 5.39. The monoisotopic (exact) mass is 399 g/mol. The number of hydrogen-bond donors (Lipinski definition) is 1. The zero-order valence-electron chi connectivity index (χ0n) is 16.4. The summed E-state index contributed by atoms with van der Waals surface area (Å²) in [6.07, 6.45) is 1.89. The maximum atomic E-state index is 12.4. The second-order valence-electron chi connectivity index (χ2n) is 7.01. The summed E-state index contributed by atoms with van der Waals surface area (Å²) in [5.41, 5.74) is 3.08. The highest BCUT2D eigenvalue weighted by molar-refractivity contribution is 7.17. The van der Waals surface area contributed by atoms with Crippen LogP contribution in [-0.2, 0) is 13.6 Å². The predicted molar refractivity (Wildman–Crippen MR) is 114 cm³/mol. The van der Waals surface area contributed by atoms with Crippen molar-refractivity contribution in [2.75, 3.05) is 40.4 Å². The molecule has 1 aromatic carbocycles. The number of rotatable bonds is 5. The van der Waals surface area contributed by atoms with Crippen molar-refractivity contribution < 1.29 is 9.47 Å². The molecule has 0 saturated carbocycles. The van der Waals surface area contributed by atoms with E-state index in [1.54, 1.807) is 37.2 Å². The third-order valence-corrected chi connectivity index (χ3v) is 6.24. The third kappa shape index (κ3) is 3.41. The van der Waals surface area contributed by atoms with Gasteiger partial charge in [0.2, 0.25) is 0 Å². The highest BCUT2D eigenvalue weighted by Crippen LogP contribution is 2.39. The van der Waals surface area contributed by atoms with Crippen LogP contribution in [0.5, 0.6) is 11.5 Å². The van der Waals surface area contributed by atoms with Gasteiger partial charge in [0.15, 0.2) is 0 Å². The first-order valence-electron chi connectivity index (χ1n) is 9.37. The lowest BCUT2D eigenvalue weighted by Gasteiger charge is -2.28. The van der Waals surface area contributed by atoms with Crippen molar-refractivity contribution in [1.82, 2.24) is 14.8 Å². The Labute approximate surface area is 168 Å². The Morgan fingerprint density at radius 3 is 2.46 bits per heavy atom. The summed E-state index contributed by atoms with van der Waals surface area (Å²) < 4.78 is 14.1. The smallest absolute Gasteiger partial charge is 0.259 e. The Bertz CT molecular complexity index is 1030. The van der Waals surface area contributed by atoms with Crippen LogP contribution in [0.4, 0.5) is 0 Å². The fourth-order valence-electron chi connectivity index (χ4n) is 3.78. The van der Waals surface area contributed by atoms with Crippen molar-refractivity contribution in [3.05, 3.63) is 45.7 Å². The predicted octanol–water partition coefficient (Wildman–Crippen LogP) is 2.69. The SMILES string of the molecule is COc1cc(-c2cn(C)c(=O)c3ccsc23)cc(OC)c1CN1CCNCC1. The first-order chi connectivity index (χ1) is 13.6. The van der Waals surface area contributed by atoms with Crippen molar-refractivity contribution >= 4 is 21.4 Å². The van der Waals surface area contributed by atoms with Crippen molar-refractivity contribution in [3.8, 4) is 22.6 Å². The van der Waals surface area contributed by atoms with Crippen LogP contribution in [0.1, 0.15) is 5.56 Å². The molecule has 1 aliphatic rings. The Hall–Kier alpha value is -2.35. The zero-order valence-corrected chi connectivity index (χ0v) is 17.3. The maximum absolute atomic E-state index is 12.4. The van der Waals surface area contributed by atoms with Gasteiger partial charge in [0.1, 0.15) is 11.5 Å². The fourth-order valence-corrected chi connectivity index (χ4v) is 4.70. The van der Waals surface area contributed by atoms with Crippen LogP contribution in [-0.4, -0.2) is 49.9 Å². The fraction of sp³-hybridized carbons (Fsp3) is 0.381. The van der Waals surface area contributed by atoms with Crippen molar-refractivity contribution in [3.63, 3.8) is 0 Å². The molecule has 0 radical (unpaired) electrons. The molecular formula is C21H25N3O3S. The number of benzene rings is 1. The van der Waals surface area contributed by atoms with E-state index in [2.05, 4.69) is 22.3 Å². The average molecular weight is 400 g/mol. The number of nitrogens with one attached hydrogen (secondary N) is 1. The summed E-state index contributed by atoms with van der Waals surface area (Å²) in [4.78, 5) is 14.8. The van der Waals surface area contributed by atoms with E-state index >= 15 is 0 Å². The molecule has 2 aromatic heterocycles. The summed E-state index contributed by atoms with van der Waals surface area (Å²) in [7, 11) is 5.18. The molecule has 1 fully saturated rings. The van der Waals surface area contributed by atoms with Gasteiger partial charge in [0.25, 0.3) is 5.56 Å². The molecule has 0 spiro atoms. The van der Waals surface area contributed by atoms with Gasteiger partial charge in [-0.15, -0.1) is 11.3 Å². The highest BCUT2D eigenvalue weighted by Gasteiger charge is 2.20. The number of methoxy groups -OCH3 is 2. The maximum Gasteiger partial charge on any atom is 0.259 e. The topological polar surface area (TPSA) is 55.7 Å². The molecule has 0 unspecified atom stereocenters. The largest absolute Gasteiger partial charge is 0.496 e. The van der Waals surface area contributed by atoms with Gasteiger partial charge in [0, 0.05) is 56.2 Å². The number of aryl methyl sites for hydroxylation is 1. The van der Waals surface area contributed by atoms with E-state index in [-0.39, 0.29) is 5.56 Å². The minimum Gasteiger partial charge on any atom is -0.496 e. The number of thiophene rings is 1. The van der Waals surface area contributed by atoms with Crippen LogP contribution in [0, 0.1) is 0 Å². The third-order valence-electron chi connectivity index (χ3n) is 5.29. The second-order valence-corrected chi connectivity index (χ2v) is 7.92. The summed E-state index contributed by atoms with van der Waals surface area (Å²) in [6, 6.07) is 6.00. The first-order valence-corrected chi connectivity index (χ1v) is 10.3. The number of pyridine rings is 1. The van der Waals surface area contributed by atoms with Gasteiger partial charge < -0.3 is 19.4 Å². The molecule has 1 N–H and O–H groups in total. The van der Waals surface area contributed by atoms with Gasteiger partial charge >= 0.3 is 0 Å². The van der Waals surface area contributed by atoms with E-state index in [1.165, 1.54) is 0 Å². The van der Waals surface area contributed by atoms with Crippen molar-refractivity contribution in [2.45, 2.75) is 6.54 Å². The Morgan fingerprint density at radius 1 is 1.14 bits per heavy atom. The van der Waals surface area contributed by atoms with E-state index in [1.807, 2.05) is 17.6 Å². The molecule has 0 aliphatic carbocycles. The van der Waals surface area contributed by atoms with E-state index in [4.69, 9.17) is 9.47 Å². The Morgan fingerprint density at radius 2 is 1.82 bits per heavy atom. The van der Waals surface area contributed by atoms with Gasteiger partial charge in [-0.1, -0.05) is 0 Å². The van der Waals surface area contributed by atoms with Crippen molar-refractivity contribution in [2.24, 2.45) is 7.05 Å². The van der Waals surface area contributed by atoms with Gasteiger partial charge in [-0.2, -0.15) is 0 Å². The van der Waals surface area contributed by atoms with Gasteiger partial charge in [-0.25, -0.2) is 0 Å². The van der Waals surface area contributed by atoms with E-state index in [0.717, 1.165) is 71.0 Å². The van der Waals surface area contributed by atoms with Gasteiger partial charge in [0.05, 0.1) is 25.2 Å². The lowest BCUT2D eigenvalue weighted by atomic mass is 10.0. The quantitative estimate of drug-likeness (QED) is 0.715. The second kappa shape index (κ2) is 7.95. The van der Waals surface area contributed by atoms with Gasteiger partial charge in [-0.05, 0) is 29.1 Å². The molecule has 3 aromatic rings. The number of aromatic nitrogens is 1. The normalized spacial score (nSPS) is 15.1. The molecule has 7 heteroatoms. The molecular weight excluding hydrogens is 374 g/mol. The summed E-state index contributed by atoms with van der Waals surface area (Å²) in [5, 5.41) is 6.09. The molecule has 3 heterocycles. The minimum absolute atomic E-state index is 0.0225. The highest BCUT2D eigenvalue weighted by atomic mass is 32.1. The molecule has 1 saturated heterocycles. The van der Waals surface area contributed by atoms with Crippen LogP contribution in [0.15, 0.2) is 34.6 Å². The Balaban J connectivity index is 1.82. The van der Waals surface area contributed by atoms with Gasteiger partial charge in [-0.3, -0.25) is 9.69 Å². The molecule has 4 rings (SSSR count). The number of nitrogens with zero attached hydrogens (tertiary/aromatic N) is 2. The first kappa shape index (κ1) is 19.0. The summed E-state index contributed by atoms with van der Waals surface area (Å²) in [6.45, 7) is 4.79. The molecule has 0 bridgehead atoms. The van der Waals surface area contributed by atoms with E-state index < -0.39 is 0 Å². The van der Waals surface area contributed by atoms with Crippen LogP contribution in [0.3, 0.4) is 0 Å². The summed E-state index contributed by atoms with van der Waals surface area (Å²) >= 11 is 1.58. The molecule has 28 heavy (non-hydrogen) atoms. The van der Waals surface area contributed by atoms with Crippen LogP contribution < -0.4 is 20.3 Å². The molecule has 6 nitrogen and oxygen atoms in total. The van der Waals surface area contributed by atoms with Crippen LogP contribution in [0.25, 0.3) is 21.2 Å². The number of fused-ring (bicyclic) bond motifs is 1. The van der Waals surface area contributed by atoms with Crippen molar-refractivity contribution in [1.29, 1.82) is 0 Å². The van der Waals surface area contributed by atoms with E-state index in [9.17, 15) is 4.79 Å². The molecule has 0 amide bonds. The number of hydrogen-bond acceptors (Lipinski definition) is 6.